The number of carbonyl (C=O) groups excluding carboxylic acids is 1. The van der Waals surface area contributed by atoms with Gasteiger partial charge in [0.15, 0.2) is 0 Å². The molecule has 3 nitrogen and oxygen atoms in total. The topological polar surface area (TPSA) is 42.0 Å². The van der Waals surface area contributed by atoms with Crippen LogP contribution in [0.3, 0.4) is 0 Å². The fourth-order valence-corrected chi connectivity index (χ4v) is 2.46. The van der Waals surface area contributed by atoms with Gasteiger partial charge in [0.1, 0.15) is 0 Å². The summed E-state index contributed by atoms with van der Waals surface area (Å²) >= 11 is 11.7. The number of rotatable bonds is 3. The Labute approximate surface area is 120 Å². The van der Waals surface area contributed by atoms with Gasteiger partial charge in [-0.05, 0) is 25.1 Å². The Morgan fingerprint density at radius 1 is 1.56 bits per heavy atom. The molecule has 1 aromatic heterocycles. The molecule has 1 N–H and O–H groups in total. The molecule has 18 heavy (non-hydrogen) atoms. The van der Waals surface area contributed by atoms with Gasteiger partial charge in [0.25, 0.3) is 5.91 Å². The number of thiol groups is 1. The average molecular weight is 299 g/mol. The highest BCUT2D eigenvalue weighted by molar-refractivity contribution is 7.80. The molecule has 2 aromatic rings. The van der Waals surface area contributed by atoms with Gasteiger partial charge in [0.2, 0.25) is 0 Å². The number of benzene rings is 1. The maximum absolute atomic E-state index is 11.9. The van der Waals surface area contributed by atoms with Crippen LogP contribution in [0.1, 0.15) is 21.1 Å². The van der Waals surface area contributed by atoms with Crippen molar-refractivity contribution < 1.29 is 4.79 Å². The predicted molar refractivity (Wildman–Crippen MR) is 76.7 cm³/mol. The number of halogens is 1. The quantitative estimate of drug-likeness (QED) is 0.854. The molecule has 0 saturated carbocycles. The summed E-state index contributed by atoms with van der Waals surface area (Å²) in [6.07, 6.45) is 0. The first kappa shape index (κ1) is 13.4. The van der Waals surface area contributed by atoms with Crippen LogP contribution in [0.5, 0.6) is 0 Å². The van der Waals surface area contributed by atoms with Crippen molar-refractivity contribution in [3.8, 4) is 0 Å². The third-order valence-corrected chi connectivity index (χ3v) is 3.72. The summed E-state index contributed by atoms with van der Waals surface area (Å²) in [7, 11) is 0. The van der Waals surface area contributed by atoms with Crippen molar-refractivity contribution in [1.82, 2.24) is 10.3 Å². The van der Waals surface area contributed by atoms with Crippen LogP contribution in [0.2, 0.25) is 5.02 Å². The summed E-state index contributed by atoms with van der Waals surface area (Å²) in [6, 6.07) is 5.05. The van der Waals surface area contributed by atoms with E-state index in [4.69, 9.17) is 11.6 Å². The van der Waals surface area contributed by atoms with E-state index >= 15 is 0 Å². The third kappa shape index (κ3) is 3.25. The van der Waals surface area contributed by atoms with E-state index < -0.39 is 0 Å². The Balaban J connectivity index is 2.05. The van der Waals surface area contributed by atoms with E-state index in [1.165, 1.54) is 0 Å². The van der Waals surface area contributed by atoms with Crippen LogP contribution >= 0.6 is 35.6 Å². The highest BCUT2D eigenvalue weighted by atomic mass is 35.5. The molecule has 0 aliphatic heterocycles. The second-order valence-electron chi connectivity index (χ2n) is 3.70. The van der Waals surface area contributed by atoms with E-state index in [0.717, 1.165) is 10.7 Å². The largest absolute Gasteiger partial charge is 0.346 e. The molecule has 0 spiro atoms. The number of hydrogen-bond donors (Lipinski definition) is 2. The number of thiazole rings is 1. The minimum absolute atomic E-state index is 0.221. The molecule has 0 aliphatic carbocycles. The van der Waals surface area contributed by atoms with Crippen molar-refractivity contribution in [3.63, 3.8) is 0 Å². The second kappa shape index (κ2) is 5.73. The maximum atomic E-state index is 11.9. The number of amides is 1. The van der Waals surface area contributed by atoms with Crippen LogP contribution in [-0.2, 0) is 6.54 Å². The van der Waals surface area contributed by atoms with Crippen molar-refractivity contribution >= 4 is 41.5 Å². The Hall–Kier alpha value is -1.04. The van der Waals surface area contributed by atoms with Crippen molar-refractivity contribution in [2.24, 2.45) is 0 Å². The monoisotopic (exact) mass is 298 g/mol. The number of aromatic nitrogens is 1. The SMILES string of the molecule is Cc1nc(CNC(=O)c2cc(S)ccc2Cl)cs1. The summed E-state index contributed by atoms with van der Waals surface area (Å²) in [5.41, 5.74) is 1.28. The molecule has 0 unspecified atom stereocenters. The maximum Gasteiger partial charge on any atom is 0.253 e. The van der Waals surface area contributed by atoms with Crippen LogP contribution < -0.4 is 5.32 Å². The molecule has 0 radical (unpaired) electrons. The van der Waals surface area contributed by atoms with E-state index in [9.17, 15) is 4.79 Å². The van der Waals surface area contributed by atoms with Crippen molar-refractivity contribution in [2.45, 2.75) is 18.4 Å². The number of nitrogens with one attached hydrogen (secondary N) is 1. The number of hydrogen-bond acceptors (Lipinski definition) is 4. The van der Waals surface area contributed by atoms with Crippen LogP contribution in [-0.4, -0.2) is 10.9 Å². The Morgan fingerprint density at radius 3 is 3.00 bits per heavy atom. The predicted octanol–water partition coefficient (Wildman–Crippen LogP) is 3.32. The first-order valence-corrected chi connectivity index (χ1v) is 6.94. The normalized spacial score (nSPS) is 10.4. The van der Waals surface area contributed by atoms with Crippen LogP contribution in [0.25, 0.3) is 0 Å². The van der Waals surface area contributed by atoms with E-state index in [-0.39, 0.29) is 5.91 Å². The summed E-state index contributed by atoms with van der Waals surface area (Å²) in [4.78, 5) is 16.9. The van der Waals surface area contributed by atoms with E-state index in [1.807, 2.05) is 12.3 Å². The van der Waals surface area contributed by atoms with Gasteiger partial charge in [-0.25, -0.2) is 4.98 Å². The summed E-state index contributed by atoms with van der Waals surface area (Å²) in [6.45, 7) is 2.33. The Morgan fingerprint density at radius 2 is 2.33 bits per heavy atom. The molecule has 1 heterocycles. The molecule has 0 bridgehead atoms. The minimum Gasteiger partial charge on any atom is -0.346 e. The third-order valence-electron chi connectivity index (χ3n) is 2.29. The first-order chi connectivity index (χ1) is 8.56. The number of nitrogens with zero attached hydrogens (tertiary/aromatic N) is 1. The van der Waals surface area contributed by atoms with Gasteiger partial charge in [-0.3, -0.25) is 4.79 Å². The molecule has 94 valence electrons. The van der Waals surface area contributed by atoms with Crippen LogP contribution in [0, 0.1) is 6.92 Å². The fraction of sp³-hybridized carbons (Fsp3) is 0.167. The fourth-order valence-electron chi connectivity index (χ4n) is 1.44. The van der Waals surface area contributed by atoms with Gasteiger partial charge in [-0.15, -0.1) is 24.0 Å². The van der Waals surface area contributed by atoms with E-state index in [2.05, 4.69) is 22.9 Å². The summed E-state index contributed by atoms with van der Waals surface area (Å²) in [5.74, 6) is -0.221. The smallest absolute Gasteiger partial charge is 0.253 e. The highest BCUT2D eigenvalue weighted by Gasteiger charge is 2.10. The lowest BCUT2D eigenvalue weighted by molar-refractivity contribution is 0.0950. The molecule has 0 atom stereocenters. The van der Waals surface area contributed by atoms with Gasteiger partial charge < -0.3 is 5.32 Å². The molecule has 1 amide bonds. The molecule has 0 aliphatic rings. The van der Waals surface area contributed by atoms with E-state index in [0.29, 0.717) is 22.0 Å². The Kier molecular flexibility index (Phi) is 4.27. The molecular weight excluding hydrogens is 288 g/mol. The lowest BCUT2D eigenvalue weighted by atomic mass is 10.2. The molecular formula is C12H11ClN2OS2. The van der Waals surface area contributed by atoms with Gasteiger partial charge in [0, 0.05) is 10.3 Å². The zero-order valence-corrected chi connectivity index (χ0v) is 12.1. The van der Waals surface area contributed by atoms with Gasteiger partial charge in [-0.1, -0.05) is 11.6 Å². The van der Waals surface area contributed by atoms with E-state index in [1.54, 1.807) is 29.5 Å². The molecule has 1 aromatic carbocycles. The van der Waals surface area contributed by atoms with Gasteiger partial charge >= 0.3 is 0 Å². The molecule has 2 rings (SSSR count). The summed E-state index contributed by atoms with van der Waals surface area (Å²) < 4.78 is 0. The minimum atomic E-state index is -0.221. The van der Waals surface area contributed by atoms with Gasteiger partial charge in [0.05, 0.1) is 27.8 Å². The number of carbonyl (C=O) groups is 1. The molecule has 0 fully saturated rings. The molecule has 0 saturated heterocycles. The zero-order valence-electron chi connectivity index (χ0n) is 9.61. The number of aryl methyl sites for hydroxylation is 1. The standard InChI is InChI=1S/C12H11ClN2OS2/c1-7-15-8(6-18-7)5-14-12(16)10-4-9(17)2-3-11(10)13/h2-4,6,17H,5H2,1H3,(H,14,16). The van der Waals surface area contributed by atoms with Gasteiger partial charge in [-0.2, -0.15) is 0 Å². The van der Waals surface area contributed by atoms with Crippen LogP contribution in [0.15, 0.2) is 28.5 Å². The second-order valence-corrected chi connectivity index (χ2v) is 5.69. The first-order valence-electron chi connectivity index (χ1n) is 5.24. The van der Waals surface area contributed by atoms with Crippen molar-refractivity contribution in [2.75, 3.05) is 0 Å². The summed E-state index contributed by atoms with van der Waals surface area (Å²) in [5, 5.41) is 6.10. The molecule has 6 heteroatoms. The lowest BCUT2D eigenvalue weighted by Gasteiger charge is -2.06. The lowest BCUT2D eigenvalue weighted by Crippen LogP contribution is -2.23. The van der Waals surface area contributed by atoms with Crippen LogP contribution in [0.4, 0.5) is 0 Å². The Bertz CT molecular complexity index is 583. The highest BCUT2D eigenvalue weighted by Crippen LogP contribution is 2.19. The van der Waals surface area contributed by atoms with Crippen molar-refractivity contribution in [1.29, 1.82) is 0 Å². The zero-order chi connectivity index (χ0) is 13.1. The van der Waals surface area contributed by atoms with Crippen molar-refractivity contribution in [3.05, 3.63) is 44.9 Å². The average Bonchev–Trinajstić information content (AvgIpc) is 2.75.